The average molecular weight is 284 g/mol. The summed E-state index contributed by atoms with van der Waals surface area (Å²) in [4.78, 5) is 13.8. The number of aliphatic hydroxyl groups is 1. The molecule has 1 fully saturated rings. The predicted octanol–water partition coefficient (Wildman–Crippen LogP) is 1.75. The van der Waals surface area contributed by atoms with Gasteiger partial charge >= 0.3 is 0 Å². The lowest BCUT2D eigenvalue weighted by molar-refractivity contribution is -0.118. The highest BCUT2D eigenvalue weighted by atomic mass is 19.2. The second kappa shape index (κ2) is 6.76. The smallest absolute Gasteiger partial charge is 0.238 e. The number of amides is 1. The van der Waals surface area contributed by atoms with Gasteiger partial charge in [-0.3, -0.25) is 9.69 Å². The van der Waals surface area contributed by atoms with Gasteiger partial charge < -0.3 is 10.4 Å². The Balaban J connectivity index is 1.92. The predicted molar refractivity (Wildman–Crippen MR) is 71.3 cm³/mol. The third kappa shape index (κ3) is 3.74. The number of hydrogen-bond donors (Lipinski definition) is 2. The lowest BCUT2D eigenvalue weighted by Crippen LogP contribution is -2.45. The zero-order valence-corrected chi connectivity index (χ0v) is 11.1. The van der Waals surface area contributed by atoms with Crippen molar-refractivity contribution in [2.75, 3.05) is 25.0 Å². The number of nitrogens with one attached hydrogen (secondary N) is 1. The summed E-state index contributed by atoms with van der Waals surface area (Å²) in [5.41, 5.74) is 0.228. The third-order valence-corrected chi connectivity index (χ3v) is 3.51. The van der Waals surface area contributed by atoms with E-state index in [-0.39, 0.29) is 30.8 Å². The van der Waals surface area contributed by atoms with Crippen LogP contribution in [0.2, 0.25) is 0 Å². The minimum atomic E-state index is -0.992. The van der Waals surface area contributed by atoms with Crippen LogP contribution in [0.4, 0.5) is 14.5 Å². The summed E-state index contributed by atoms with van der Waals surface area (Å²) < 4.78 is 25.8. The summed E-state index contributed by atoms with van der Waals surface area (Å²) >= 11 is 0. The highest BCUT2D eigenvalue weighted by molar-refractivity contribution is 5.92. The van der Waals surface area contributed by atoms with Gasteiger partial charge in [-0.1, -0.05) is 6.42 Å². The molecule has 1 unspecified atom stereocenters. The van der Waals surface area contributed by atoms with Crippen molar-refractivity contribution in [2.45, 2.75) is 25.3 Å². The summed E-state index contributed by atoms with van der Waals surface area (Å²) in [7, 11) is 0. The Labute approximate surface area is 116 Å². The van der Waals surface area contributed by atoms with Gasteiger partial charge in [0.15, 0.2) is 11.6 Å². The Morgan fingerprint density at radius 3 is 2.85 bits per heavy atom. The van der Waals surface area contributed by atoms with E-state index in [2.05, 4.69) is 5.32 Å². The number of anilines is 1. The lowest BCUT2D eigenvalue weighted by Gasteiger charge is -2.33. The molecule has 1 atom stereocenters. The monoisotopic (exact) mass is 284 g/mol. The molecule has 1 aliphatic rings. The van der Waals surface area contributed by atoms with Gasteiger partial charge in [0.2, 0.25) is 5.91 Å². The molecule has 2 N–H and O–H groups in total. The van der Waals surface area contributed by atoms with Gasteiger partial charge in [-0.15, -0.1) is 0 Å². The number of carbonyl (C=O) groups excluding carboxylic acids is 1. The largest absolute Gasteiger partial charge is 0.395 e. The van der Waals surface area contributed by atoms with Crippen molar-refractivity contribution in [2.24, 2.45) is 0 Å². The first-order valence-electron chi connectivity index (χ1n) is 6.70. The summed E-state index contributed by atoms with van der Waals surface area (Å²) in [6.45, 7) is 0.930. The zero-order valence-electron chi connectivity index (χ0n) is 11.1. The molecule has 4 nitrogen and oxygen atoms in total. The van der Waals surface area contributed by atoms with E-state index in [0.29, 0.717) is 0 Å². The molecule has 1 saturated heterocycles. The average Bonchev–Trinajstić information content (AvgIpc) is 2.43. The number of likely N-dealkylation sites (tertiary alicyclic amines) is 1. The van der Waals surface area contributed by atoms with Gasteiger partial charge in [0, 0.05) is 17.8 Å². The van der Waals surface area contributed by atoms with Gasteiger partial charge in [-0.2, -0.15) is 0 Å². The molecule has 110 valence electrons. The number of rotatable bonds is 4. The summed E-state index contributed by atoms with van der Waals surface area (Å²) in [5, 5.41) is 11.8. The van der Waals surface area contributed by atoms with Crippen LogP contribution in [0.3, 0.4) is 0 Å². The number of halogens is 2. The quantitative estimate of drug-likeness (QED) is 0.885. The summed E-state index contributed by atoms with van der Waals surface area (Å²) in [6, 6.07) is 3.24. The molecule has 1 aromatic carbocycles. The fourth-order valence-corrected chi connectivity index (χ4v) is 2.43. The van der Waals surface area contributed by atoms with Crippen molar-refractivity contribution in [1.82, 2.24) is 4.90 Å². The van der Waals surface area contributed by atoms with Crippen LogP contribution in [0.1, 0.15) is 19.3 Å². The van der Waals surface area contributed by atoms with Crippen molar-refractivity contribution < 1.29 is 18.7 Å². The minimum Gasteiger partial charge on any atom is -0.395 e. The molecule has 1 heterocycles. The molecular weight excluding hydrogens is 266 g/mol. The number of benzene rings is 1. The highest BCUT2D eigenvalue weighted by Crippen LogP contribution is 2.17. The Morgan fingerprint density at radius 2 is 2.15 bits per heavy atom. The van der Waals surface area contributed by atoms with Crippen LogP contribution < -0.4 is 5.32 Å². The van der Waals surface area contributed by atoms with E-state index in [9.17, 15) is 18.7 Å². The maximum atomic E-state index is 13.0. The highest BCUT2D eigenvalue weighted by Gasteiger charge is 2.23. The number of hydrogen-bond acceptors (Lipinski definition) is 3. The van der Waals surface area contributed by atoms with Crippen molar-refractivity contribution in [3.8, 4) is 0 Å². The Bertz CT molecular complexity index is 482. The second-order valence-electron chi connectivity index (χ2n) is 4.98. The fraction of sp³-hybridized carbons (Fsp3) is 0.500. The van der Waals surface area contributed by atoms with Gasteiger partial charge in [0.1, 0.15) is 0 Å². The van der Waals surface area contributed by atoms with Crippen molar-refractivity contribution in [3.05, 3.63) is 29.8 Å². The normalized spacial score (nSPS) is 19.9. The van der Waals surface area contributed by atoms with Crippen LogP contribution in [-0.4, -0.2) is 41.7 Å². The molecule has 0 spiro atoms. The molecule has 1 aliphatic heterocycles. The van der Waals surface area contributed by atoms with E-state index in [1.165, 1.54) is 6.07 Å². The van der Waals surface area contributed by atoms with Crippen LogP contribution in [-0.2, 0) is 4.79 Å². The maximum Gasteiger partial charge on any atom is 0.238 e. The maximum absolute atomic E-state index is 13.0. The van der Waals surface area contributed by atoms with Gasteiger partial charge in [-0.05, 0) is 31.5 Å². The van der Waals surface area contributed by atoms with Gasteiger partial charge in [0.05, 0.1) is 13.2 Å². The van der Waals surface area contributed by atoms with Crippen molar-refractivity contribution >= 4 is 11.6 Å². The summed E-state index contributed by atoms with van der Waals surface area (Å²) in [6.07, 6.45) is 2.91. The van der Waals surface area contributed by atoms with Crippen LogP contribution >= 0.6 is 0 Å². The number of nitrogens with zero attached hydrogens (tertiary/aromatic N) is 1. The van der Waals surface area contributed by atoms with Crippen molar-refractivity contribution in [1.29, 1.82) is 0 Å². The van der Waals surface area contributed by atoms with Crippen LogP contribution in [0.5, 0.6) is 0 Å². The van der Waals surface area contributed by atoms with Crippen LogP contribution in [0.25, 0.3) is 0 Å². The van der Waals surface area contributed by atoms with E-state index in [0.717, 1.165) is 37.9 Å². The Morgan fingerprint density at radius 1 is 1.35 bits per heavy atom. The van der Waals surface area contributed by atoms with Gasteiger partial charge in [0.25, 0.3) is 0 Å². The Hall–Kier alpha value is -1.53. The number of carbonyl (C=O) groups is 1. The van der Waals surface area contributed by atoms with E-state index >= 15 is 0 Å². The SMILES string of the molecule is O=C(CN1CCCCC1CO)Nc1ccc(F)c(F)c1. The molecule has 0 radical (unpaired) electrons. The third-order valence-electron chi connectivity index (χ3n) is 3.51. The van der Waals surface area contributed by atoms with Crippen LogP contribution in [0, 0.1) is 11.6 Å². The van der Waals surface area contributed by atoms with E-state index in [1.54, 1.807) is 0 Å². The second-order valence-corrected chi connectivity index (χ2v) is 4.98. The molecule has 1 amide bonds. The molecular formula is C14H18F2N2O2. The molecule has 0 bridgehead atoms. The molecule has 0 saturated carbocycles. The van der Waals surface area contributed by atoms with Gasteiger partial charge in [-0.25, -0.2) is 8.78 Å². The topological polar surface area (TPSA) is 52.6 Å². The molecule has 6 heteroatoms. The van der Waals surface area contributed by atoms with Crippen molar-refractivity contribution in [3.63, 3.8) is 0 Å². The van der Waals surface area contributed by atoms with E-state index < -0.39 is 11.6 Å². The first kappa shape index (κ1) is 14.9. The van der Waals surface area contributed by atoms with E-state index in [1.807, 2.05) is 4.90 Å². The number of piperidine rings is 1. The van der Waals surface area contributed by atoms with Crippen LogP contribution in [0.15, 0.2) is 18.2 Å². The lowest BCUT2D eigenvalue weighted by atomic mass is 10.0. The molecule has 1 aromatic rings. The summed E-state index contributed by atoms with van der Waals surface area (Å²) in [5.74, 6) is -2.23. The first-order valence-corrected chi connectivity index (χ1v) is 6.70. The molecule has 2 rings (SSSR count). The first-order chi connectivity index (χ1) is 9.60. The molecule has 20 heavy (non-hydrogen) atoms. The zero-order chi connectivity index (χ0) is 14.5. The minimum absolute atomic E-state index is 0.000506. The molecule has 0 aromatic heterocycles. The Kier molecular flexibility index (Phi) is 5.03. The van der Waals surface area contributed by atoms with E-state index in [4.69, 9.17) is 0 Å². The number of aliphatic hydroxyl groups excluding tert-OH is 1. The molecule has 0 aliphatic carbocycles. The standard InChI is InChI=1S/C14H18F2N2O2/c15-12-5-4-10(7-13(12)16)17-14(20)8-18-6-2-1-3-11(18)9-19/h4-5,7,11,19H,1-3,6,8-9H2,(H,17,20). The fourth-order valence-electron chi connectivity index (χ4n) is 2.43.